The molecule has 1 aromatic carbocycles. The van der Waals surface area contributed by atoms with Crippen molar-refractivity contribution in [1.29, 1.82) is 0 Å². The van der Waals surface area contributed by atoms with Crippen LogP contribution in [0.1, 0.15) is 19.4 Å². The minimum atomic E-state index is -1.90. The van der Waals surface area contributed by atoms with Crippen LogP contribution < -0.4 is 0 Å². The molecule has 1 amide bonds. The molecule has 0 aliphatic heterocycles. The van der Waals surface area contributed by atoms with Gasteiger partial charge in [-0.2, -0.15) is 16.2 Å². The summed E-state index contributed by atoms with van der Waals surface area (Å²) in [5.74, 6) is -0.00590. The third kappa shape index (κ3) is 6.54. The van der Waals surface area contributed by atoms with Crippen molar-refractivity contribution in [2.45, 2.75) is 33.4 Å². The minimum absolute atomic E-state index is 0.00590. The van der Waals surface area contributed by atoms with E-state index in [0.717, 1.165) is 11.3 Å². The molecule has 104 valence electrons. The van der Waals surface area contributed by atoms with Gasteiger partial charge in [-0.15, -0.1) is 0 Å². The first-order chi connectivity index (χ1) is 8.78. The van der Waals surface area contributed by atoms with Crippen LogP contribution in [-0.4, -0.2) is 30.2 Å². The average molecular weight is 297 g/mol. The highest BCUT2D eigenvalue weighted by Gasteiger charge is 2.25. The molecule has 0 saturated carbocycles. The lowest BCUT2D eigenvalue weighted by Gasteiger charge is -2.23. The van der Waals surface area contributed by atoms with Crippen molar-refractivity contribution in [3.8, 4) is 0 Å². The van der Waals surface area contributed by atoms with Crippen molar-refractivity contribution in [3.05, 3.63) is 35.9 Å². The van der Waals surface area contributed by atoms with E-state index in [1.807, 2.05) is 57.3 Å². The van der Waals surface area contributed by atoms with Gasteiger partial charge < -0.3 is 0 Å². The van der Waals surface area contributed by atoms with Gasteiger partial charge in [0.05, 0.1) is 12.6 Å². The second-order valence-corrected chi connectivity index (χ2v) is 12.2. The fraction of sp³-hybridized carbons (Fsp3) is 0.429. The number of hydrogen-bond donors (Lipinski definition) is 0. The maximum atomic E-state index is 12.3. The monoisotopic (exact) mass is 296 g/mol. The van der Waals surface area contributed by atoms with Gasteiger partial charge in [-0.05, 0) is 19.4 Å². The Bertz CT molecular complexity index is 450. The van der Waals surface area contributed by atoms with E-state index < -0.39 is 7.38 Å². The number of amides is 1. The van der Waals surface area contributed by atoms with Crippen LogP contribution in [0, 0.1) is 0 Å². The van der Waals surface area contributed by atoms with Crippen LogP contribution in [0.5, 0.6) is 0 Å². The van der Waals surface area contributed by atoms with E-state index in [1.165, 1.54) is 5.01 Å². The van der Waals surface area contributed by atoms with Gasteiger partial charge in [0.2, 0.25) is 5.91 Å². The van der Waals surface area contributed by atoms with Crippen LogP contribution in [-0.2, 0) is 11.2 Å². The van der Waals surface area contributed by atoms with Crippen LogP contribution in [0.15, 0.2) is 35.4 Å². The molecule has 0 aliphatic rings. The molecule has 1 aromatic rings. The van der Waals surface area contributed by atoms with E-state index >= 15 is 0 Å². The zero-order valence-corrected chi connectivity index (χ0v) is 13.7. The van der Waals surface area contributed by atoms with Gasteiger partial charge in [0.15, 0.2) is 7.38 Å². The number of hydrazone groups is 1. The lowest BCUT2D eigenvalue weighted by molar-refractivity contribution is -0.129. The molecule has 0 radical (unpaired) electrons. The Morgan fingerprint density at radius 2 is 1.84 bits per heavy atom. The van der Waals surface area contributed by atoms with Crippen molar-refractivity contribution < 1.29 is 4.79 Å². The third-order valence-electron chi connectivity index (χ3n) is 2.33. The van der Waals surface area contributed by atoms with Crippen molar-refractivity contribution in [2.75, 3.05) is 6.17 Å². The highest BCUT2D eigenvalue weighted by Crippen LogP contribution is 2.12. The number of halogens is 1. The fourth-order valence-corrected chi connectivity index (χ4v) is 2.94. The Hall–Kier alpha value is -1.13. The fourth-order valence-electron chi connectivity index (χ4n) is 1.64. The van der Waals surface area contributed by atoms with Gasteiger partial charge in [-0.25, -0.2) is 5.01 Å². The number of carbonyl (C=O) groups excluding carboxylic acids is 1. The Balaban J connectivity index is 2.80. The summed E-state index contributed by atoms with van der Waals surface area (Å²) < 4.78 is 0. The first kappa shape index (κ1) is 15.9. The summed E-state index contributed by atoms with van der Waals surface area (Å²) in [7, 11) is -1.90. The summed E-state index contributed by atoms with van der Waals surface area (Å²) in [4.78, 5) is 12.3. The Labute approximate surface area is 121 Å². The lowest BCUT2D eigenvalue weighted by atomic mass is 10.1. The molecular weight excluding hydrogens is 276 g/mol. The zero-order valence-electron chi connectivity index (χ0n) is 12.0. The molecule has 0 saturated heterocycles. The number of carbonyl (C=O) groups is 1. The molecular formula is C14H21ClN2OSi. The van der Waals surface area contributed by atoms with Crippen LogP contribution in [0.4, 0.5) is 0 Å². The molecule has 0 bridgehead atoms. The van der Waals surface area contributed by atoms with E-state index in [0.29, 0.717) is 12.6 Å². The molecule has 0 atom stereocenters. The van der Waals surface area contributed by atoms with Gasteiger partial charge in [-0.1, -0.05) is 43.4 Å². The number of nitrogens with zero attached hydrogens (tertiary/aromatic N) is 2. The van der Waals surface area contributed by atoms with E-state index in [9.17, 15) is 4.79 Å². The van der Waals surface area contributed by atoms with Gasteiger partial charge in [0, 0.05) is 5.71 Å². The van der Waals surface area contributed by atoms with Crippen molar-refractivity contribution in [2.24, 2.45) is 5.10 Å². The smallest absolute Gasteiger partial charge is 0.246 e. The summed E-state index contributed by atoms with van der Waals surface area (Å²) in [6.07, 6.45) is 0.893. The van der Waals surface area contributed by atoms with Crippen molar-refractivity contribution >= 4 is 30.1 Å². The number of benzene rings is 1. The molecule has 1 rings (SSSR count). The molecule has 0 aromatic heterocycles. The molecule has 0 spiro atoms. The Morgan fingerprint density at radius 3 is 2.32 bits per heavy atom. The van der Waals surface area contributed by atoms with Gasteiger partial charge >= 0.3 is 0 Å². The first-order valence-corrected chi connectivity index (χ1v) is 10.5. The highest BCUT2D eigenvalue weighted by atomic mass is 35.6. The summed E-state index contributed by atoms with van der Waals surface area (Å²) >= 11 is 6.33. The predicted octanol–water partition coefficient (Wildman–Crippen LogP) is 3.44. The first-order valence-electron chi connectivity index (χ1n) is 6.33. The Kier molecular flexibility index (Phi) is 5.75. The quantitative estimate of drug-likeness (QED) is 0.354. The van der Waals surface area contributed by atoms with Gasteiger partial charge in [0.25, 0.3) is 0 Å². The molecule has 0 unspecified atom stereocenters. The molecule has 0 fully saturated rings. The minimum Gasteiger partial charge on any atom is -0.273 e. The Morgan fingerprint density at radius 1 is 1.26 bits per heavy atom. The second-order valence-electron chi connectivity index (χ2n) is 5.38. The average Bonchev–Trinajstić information content (AvgIpc) is 2.27. The van der Waals surface area contributed by atoms with E-state index in [1.54, 1.807) is 0 Å². The summed E-state index contributed by atoms with van der Waals surface area (Å²) in [6.45, 7) is 7.78. The topological polar surface area (TPSA) is 32.7 Å². The molecule has 0 N–H and O–H groups in total. The standard InChI is InChI=1S/C14H21ClN2OSi/c1-12(2)16-17(11-19(3,4)15)14(18)10-13-8-6-5-7-9-13/h5-9H,10-11H2,1-4H3. The molecule has 3 nitrogen and oxygen atoms in total. The van der Waals surface area contributed by atoms with Crippen molar-refractivity contribution in [3.63, 3.8) is 0 Å². The van der Waals surface area contributed by atoms with Crippen LogP contribution in [0.2, 0.25) is 13.1 Å². The summed E-state index contributed by atoms with van der Waals surface area (Å²) in [6, 6.07) is 9.70. The molecule has 0 aliphatic carbocycles. The molecule has 19 heavy (non-hydrogen) atoms. The zero-order chi connectivity index (χ0) is 14.5. The lowest BCUT2D eigenvalue weighted by Crippen LogP contribution is -2.40. The van der Waals surface area contributed by atoms with Crippen LogP contribution in [0.25, 0.3) is 0 Å². The van der Waals surface area contributed by atoms with Gasteiger partial charge in [-0.3, -0.25) is 4.79 Å². The molecule has 5 heteroatoms. The summed E-state index contributed by atoms with van der Waals surface area (Å²) in [5.41, 5.74) is 1.85. The second kappa shape index (κ2) is 6.87. The normalized spacial score (nSPS) is 11.0. The van der Waals surface area contributed by atoms with Crippen molar-refractivity contribution in [1.82, 2.24) is 5.01 Å². The maximum absolute atomic E-state index is 12.3. The third-order valence-corrected chi connectivity index (χ3v) is 3.74. The SMILES string of the molecule is CC(C)=NN(C[Si](C)(C)Cl)C(=O)Cc1ccccc1. The molecule has 0 heterocycles. The van der Waals surface area contributed by atoms with E-state index in [4.69, 9.17) is 11.1 Å². The highest BCUT2D eigenvalue weighted by molar-refractivity contribution is 7.19. The van der Waals surface area contributed by atoms with E-state index in [-0.39, 0.29) is 5.91 Å². The van der Waals surface area contributed by atoms with Crippen LogP contribution >= 0.6 is 11.1 Å². The predicted molar refractivity (Wildman–Crippen MR) is 84.0 cm³/mol. The van der Waals surface area contributed by atoms with E-state index in [2.05, 4.69) is 5.10 Å². The number of rotatable bonds is 5. The number of hydrogen-bond acceptors (Lipinski definition) is 2. The largest absolute Gasteiger partial charge is 0.273 e. The van der Waals surface area contributed by atoms with Gasteiger partial charge in [0.1, 0.15) is 0 Å². The maximum Gasteiger partial charge on any atom is 0.246 e. The summed E-state index contributed by atoms with van der Waals surface area (Å²) in [5, 5.41) is 5.84. The van der Waals surface area contributed by atoms with Crippen LogP contribution in [0.3, 0.4) is 0 Å².